The fraction of sp³-hybridized carbons (Fsp3) is 0.636. The predicted octanol–water partition coefficient (Wildman–Crippen LogP) is 4.30. The van der Waals surface area contributed by atoms with Crippen LogP contribution < -0.4 is 4.90 Å². The number of aliphatic imine (C=N–C) groups is 1. The number of imide groups is 1. The summed E-state index contributed by atoms with van der Waals surface area (Å²) in [6, 6.07) is 0. The Morgan fingerprint density at radius 3 is 1.66 bits per heavy atom. The summed E-state index contributed by atoms with van der Waals surface area (Å²) < 4.78 is 40.1. The van der Waals surface area contributed by atoms with Gasteiger partial charge in [-0.1, -0.05) is 0 Å². The summed E-state index contributed by atoms with van der Waals surface area (Å²) >= 11 is 0. The zero-order valence-electron chi connectivity index (χ0n) is 22.0. The maximum atomic E-state index is 13.1. The van der Waals surface area contributed by atoms with Crippen LogP contribution in [0.3, 0.4) is 0 Å². The number of sulfone groups is 1. The number of aromatic nitrogens is 2. The van der Waals surface area contributed by atoms with Crippen molar-refractivity contribution < 1.29 is 37.0 Å². The van der Waals surface area contributed by atoms with Crippen molar-refractivity contribution in [1.82, 2.24) is 9.97 Å². The van der Waals surface area contributed by atoms with Crippen molar-refractivity contribution in [2.75, 3.05) is 11.2 Å². The number of hydrogen-bond donors (Lipinski definition) is 0. The van der Waals surface area contributed by atoms with Crippen molar-refractivity contribution in [2.24, 2.45) is 4.99 Å². The minimum absolute atomic E-state index is 0.0496. The molecule has 0 radical (unpaired) electrons. The van der Waals surface area contributed by atoms with Crippen molar-refractivity contribution in [2.45, 2.75) is 91.2 Å². The van der Waals surface area contributed by atoms with Gasteiger partial charge in [0.25, 0.3) is 0 Å². The van der Waals surface area contributed by atoms with Crippen LogP contribution in [-0.2, 0) is 24.0 Å². The molecule has 3 amide bonds. The molecule has 0 spiro atoms. The molecule has 0 aliphatic heterocycles. The number of hydrogen-bond acceptors (Lipinski definition) is 10. The molecule has 0 aliphatic rings. The minimum atomic E-state index is -3.95. The Morgan fingerprint density at radius 2 is 1.29 bits per heavy atom. The van der Waals surface area contributed by atoms with E-state index in [0.29, 0.717) is 4.90 Å². The molecule has 1 aromatic heterocycles. The Balaban J connectivity index is 3.84. The maximum Gasteiger partial charge on any atom is 0.434 e. The fourth-order valence-corrected chi connectivity index (χ4v) is 2.80. The van der Waals surface area contributed by atoms with E-state index in [2.05, 4.69) is 15.0 Å². The summed E-state index contributed by atoms with van der Waals surface area (Å²) in [6.45, 7) is 15.8. The van der Waals surface area contributed by atoms with Crippen LogP contribution in [0.25, 0.3) is 0 Å². The van der Waals surface area contributed by atoms with Gasteiger partial charge in [-0.3, -0.25) is 0 Å². The molecule has 1 heterocycles. The number of carbonyl (C=O) groups is 3. The molecule has 35 heavy (non-hydrogen) atoms. The van der Waals surface area contributed by atoms with Gasteiger partial charge in [0.1, 0.15) is 16.8 Å². The second-order valence-electron chi connectivity index (χ2n) is 10.6. The molecule has 0 saturated heterocycles. The van der Waals surface area contributed by atoms with Gasteiger partial charge in [-0.05, 0) is 69.2 Å². The van der Waals surface area contributed by atoms with Crippen LogP contribution in [0.1, 0.15) is 74.8 Å². The van der Waals surface area contributed by atoms with E-state index in [1.165, 1.54) is 6.92 Å². The predicted molar refractivity (Wildman–Crippen MR) is 129 cm³/mol. The molecular weight excluding hydrogens is 480 g/mol. The summed E-state index contributed by atoms with van der Waals surface area (Å²) in [6.07, 6.45) is -1.43. The Hall–Kier alpha value is -3.09. The molecule has 12 nitrogen and oxygen atoms in total. The summed E-state index contributed by atoms with van der Waals surface area (Å²) in [5.74, 6) is -0.492. The lowest BCUT2D eigenvalue weighted by Gasteiger charge is -2.29. The highest BCUT2D eigenvalue weighted by Gasteiger charge is 2.36. The van der Waals surface area contributed by atoms with Crippen LogP contribution in [0, 0.1) is 0 Å². The molecule has 13 heteroatoms. The standard InChI is InChI=1S/C22H34N4O8S/c1-13(24-17(27)32-20(2,3)4)14-12-23-16(35(11,30)31)25-15(14)26(18(28)33-21(5,6)7)19(29)34-22(8,9)10/h12H,1-11H3. The molecule has 0 saturated carbocycles. The number of amides is 3. The SMILES string of the molecule is CC(=NC(=O)OC(C)(C)C)c1cnc(S(C)(=O)=O)nc1N(C(=O)OC(C)(C)C)C(=O)OC(C)(C)C. The van der Waals surface area contributed by atoms with Crippen LogP contribution >= 0.6 is 0 Å². The van der Waals surface area contributed by atoms with E-state index >= 15 is 0 Å². The molecule has 0 unspecified atom stereocenters. The van der Waals surface area contributed by atoms with Gasteiger partial charge in [0.05, 0.1) is 11.3 Å². The number of nitrogens with zero attached hydrogens (tertiary/aromatic N) is 4. The van der Waals surface area contributed by atoms with E-state index in [1.54, 1.807) is 62.3 Å². The third kappa shape index (κ3) is 9.97. The number of carbonyl (C=O) groups excluding carboxylic acids is 3. The smallest absolute Gasteiger partial charge is 0.434 e. The maximum absolute atomic E-state index is 13.1. The summed E-state index contributed by atoms with van der Waals surface area (Å²) in [7, 11) is -3.95. The van der Waals surface area contributed by atoms with Crippen LogP contribution in [0.2, 0.25) is 0 Å². The topological polar surface area (TPSA) is 154 Å². The third-order valence-corrected chi connectivity index (χ3v) is 4.34. The Bertz CT molecular complexity index is 1100. The lowest BCUT2D eigenvalue weighted by atomic mass is 10.2. The molecule has 0 fully saturated rings. The highest BCUT2D eigenvalue weighted by Crippen LogP contribution is 2.25. The van der Waals surface area contributed by atoms with Crippen LogP contribution in [-0.4, -0.2) is 65.4 Å². The highest BCUT2D eigenvalue weighted by molar-refractivity contribution is 7.90. The first-order valence-corrected chi connectivity index (χ1v) is 12.5. The Labute approximate surface area is 206 Å². The van der Waals surface area contributed by atoms with E-state index < -0.39 is 55.9 Å². The normalized spacial score (nSPS) is 13.2. The fourth-order valence-electron chi connectivity index (χ4n) is 2.31. The number of anilines is 1. The zero-order chi connectivity index (χ0) is 27.6. The van der Waals surface area contributed by atoms with Crippen molar-refractivity contribution in [3.63, 3.8) is 0 Å². The molecule has 0 aromatic carbocycles. The largest absolute Gasteiger partial charge is 0.443 e. The number of rotatable bonds is 3. The summed E-state index contributed by atoms with van der Waals surface area (Å²) in [4.78, 5) is 50.5. The van der Waals surface area contributed by atoms with Crippen molar-refractivity contribution in [3.05, 3.63) is 11.8 Å². The van der Waals surface area contributed by atoms with Gasteiger partial charge in [0.15, 0.2) is 5.82 Å². The van der Waals surface area contributed by atoms with E-state index in [4.69, 9.17) is 14.2 Å². The molecule has 1 aromatic rings. The first-order valence-electron chi connectivity index (χ1n) is 10.6. The minimum Gasteiger partial charge on any atom is -0.443 e. The third-order valence-electron chi connectivity index (χ3n) is 3.48. The van der Waals surface area contributed by atoms with Gasteiger partial charge in [-0.25, -0.2) is 27.8 Å². The van der Waals surface area contributed by atoms with Crippen molar-refractivity contribution in [1.29, 1.82) is 0 Å². The lowest BCUT2D eigenvalue weighted by molar-refractivity contribution is 0.0427. The zero-order valence-corrected chi connectivity index (χ0v) is 22.9. The van der Waals surface area contributed by atoms with E-state index in [0.717, 1.165) is 12.5 Å². The van der Waals surface area contributed by atoms with Crippen molar-refractivity contribution in [3.8, 4) is 0 Å². The van der Waals surface area contributed by atoms with E-state index in [-0.39, 0.29) is 11.3 Å². The first kappa shape index (κ1) is 29.9. The number of ether oxygens (including phenoxy) is 3. The Morgan fingerprint density at radius 1 is 0.857 bits per heavy atom. The second-order valence-corrected chi connectivity index (χ2v) is 12.5. The van der Waals surface area contributed by atoms with Crippen molar-refractivity contribution >= 4 is 39.6 Å². The average molecular weight is 515 g/mol. The quantitative estimate of drug-likeness (QED) is 0.324. The van der Waals surface area contributed by atoms with Crippen LogP contribution in [0.4, 0.5) is 20.2 Å². The highest BCUT2D eigenvalue weighted by atomic mass is 32.2. The molecule has 196 valence electrons. The van der Waals surface area contributed by atoms with Gasteiger partial charge >= 0.3 is 18.3 Å². The lowest BCUT2D eigenvalue weighted by Crippen LogP contribution is -2.45. The second kappa shape index (κ2) is 10.3. The Kier molecular flexibility index (Phi) is 8.78. The molecular formula is C22H34N4O8S. The first-order chi connectivity index (χ1) is 15.5. The van der Waals surface area contributed by atoms with Gasteiger partial charge in [-0.15, -0.1) is 0 Å². The van der Waals surface area contributed by atoms with Gasteiger partial charge in [0.2, 0.25) is 15.0 Å². The summed E-state index contributed by atoms with van der Waals surface area (Å²) in [5.41, 5.74) is -3.03. The van der Waals surface area contributed by atoms with E-state index in [1.807, 2.05) is 0 Å². The van der Waals surface area contributed by atoms with Crippen LogP contribution in [0.15, 0.2) is 16.3 Å². The van der Waals surface area contributed by atoms with E-state index in [9.17, 15) is 22.8 Å². The monoisotopic (exact) mass is 514 g/mol. The molecule has 0 bridgehead atoms. The molecule has 1 rings (SSSR count). The van der Waals surface area contributed by atoms with Gasteiger partial charge in [0, 0.05) is 12.5 Å². The van der Waals surface area contributed by atoms with Gasteiger partial charge in [-0.2, -0.15) is 14.9 Å². The summed E-state index contributed by atoms with van der Waals surface area (Å²) in [5, 5.41) is -0.668. The molecule has 0 N–H and O–H groups in total. The average Bonchev–Trinajstić information content (AvgIpc) is 2.55. The molecule has 0 atom stereocenters. The van der Waals surface area contributed by atoms with Crippen LogP contribution in [0.5, 0.6) is 0 Å². The van der Waals surface area contributed by atoms with Gasteiger partial charge < -0.3 is 14.2 Å². The molecule has 0 aliphatic carbocycles.